The van der Waals surface area contributed by atoms with Crippen molar-refractivity contribution >= 4 is 34.7 Å². The van der Waals surface area contributed by atoms with E-state index in [1.807, 2.05) is 64.6 Å². The Morgan fingerprint density at radius 3 is 2.81 bits per heavy atom. The van der Waals surface area contributed by atoms with Crippen LogP contribution in [0.15, 0.2) is 72.4 Å². The van der Waals surface area contributed by atoms with E-state index in [2.05, 4.69) is 29.4 Å². The molecule has 0 atom stereocenters. The van der Waals surface area contributed by atoms with Crippen molar-refractivity contribution in [3.63, 3.8) is 0 Å². The second-order valence-electron chi connectivity index (χ2n) is 6.01. The normalized spacial score (nSPS) is 11.3. The minimum absolute atomic E-state index is 0.144. The molecule has 0 radical (unpaired) electrons. The predicted octanol–water partition coefficient (Wildman–Crippen LogP) is 5.02. The van der Waals surface area contributed by atoms with Gasteiger partial charge in [-0.1, -0.05) is 18.2 Å². The fourth-order valence-electron chi connectivity index (χ4n) is 2.67. The molecule has 5 heteroatoms. The fourth-order valence-corrected chi connectivity index (χ4v) is 3.29. The molecule has 0 unspecified atom stereocenters. The van der Waals surface area contributed by atoms with Crippen LogP contribution < -0.4 is 5.32 Å². The lowest BCUT2D eigenvalue weighted by atomic mass is 10.1. The number of nitrogens with one attached hydrogen (secondary N) is 1. The van der Waals surface area contributed by atoms with Crippen molar-refractivity contribution < 1.29 is 4.79 Å². The summed E-state index contributed by atoms with van der Waals surface area (Å²) in [6.45, 7) is 2.05. The number of anilines is 1. The number of hydrogen-bond acceptors (Lipinski definition) is 3. The highest BCUT2D eigenvalue weighted by Crippen LogP contribution is 2.22. The van der Waals surface area contributed by atoms with Gasteiger partial charge < -0.3 is 9.72 Å². The monoisotopic (exact) mass is 359 g/mol. The molecule has 0 saturated heterocycles. The summed E-state index contributed by atoms with van der Waals surface area (Å²) in [4.78, 5) is 17.7. The largest absolute Gasteiger partial charge is 0.323 e. The van der Waals surface area contributed by atoms with E-state index in [1.54, 1.807) is 17.4 Å². The smallest absolute Gasteiger partial charge is 0.248 e. The lowest BCUT2D eigenvalue weighted by molar-refractivity contribution is -0.111. The number of rotatable bonds is 4. The van der Waals surface area contributed by atoms with Gasteiger partial charge >= 0.3 is 0 Å². The summed E-state index contributed by atoms with van der Waals surface area (Å²) in [5, 5.41) is 4.85. The predicted molar refractivity (Wildman–Crippen MR) is 107 cm³/mol. The Balaban J connectivity index is 1.48. The minimum Gasteiger partial charge on any atom is -0.323 e. The molecule has 0 fully saturated rings. The molecule has 0 aliphatic carbocycles. The summed E-state index contributed by atoms with van der Waals surface area (Å²) in [6, 6.07) is 15.8. The average Bonchev–Trinajstić information content (AvgIpc) is 3.29. The zero-order chi connectivity index (χ0) is 17.9. The number of aromatic nitrogens is 2. The molecule has 0 aliphatic rings. The molecule has 1 amide bonds. The Morgan fingerprint density at radius 2 is 2.04 bits per heavy atom. The van der Waals surface area contributed by atoms with Gasteiger partial charge in [-0.05, 0) is 54.3 Å². The van der Waals surface area contributed by atoms with Crippen LogP contribution in [-0.2, 0) is 4.79 Å². The molecule has 4 nitrogen and oxygen atoms in total. The summed E-state index contributed by atoms with van der Waals surface area (Å²) < 4.78 is 2.01. The molecule has 0 saturated carbocycles. The second-order valence-corrected chi connectivity index (χ2v) is 6.99. The number of aryl methyl sites for hydroxylation is 1. The zero-order valence-corrected chi connectivity index (χ0v) is 15.0. The standard InChI is InChI=1S/C21H17N3OS/c1-15-10-11-24-14-19(23-20(24)13-15)16-4-6-17(7-5-16)22-21(25)9-8-18-3-2-12-26-18/h2-14H,1H3,(H,22,25)/b9-8+. The Bertz CT molecular complexity index is 1080. The number of imidazole rings is 1. The van der Waals surface area contributed by atoms with Crippen LogP contribution >= 0.6 is 11.3 Å². The van der Waals surface area contributed by atoms with Gasteiger partial charge in [0, 0.05) is 34.6 Å². The lowest BCUT2D eigenvalue weighted by Crippen LogP contribution is -2.07. The van der Waals surface area contributed by atoms with E-state index >= 15 is 0 Å². The highest BCUT2D eigenvalue weighted by atomic mass is 32.1. The van der Waals surface area contributed by atoms with E-state index in [-0.39, 0.29) is 5.91 Å². The first-order chi connectivity index (χ1) is 12.7. The molecular formula is C21H17N3OS. The SMILES string of the molecule is Cc1ccn2cc(-c3ccc(NC(=O)/C=C/c4cccs4)cc3)nc2c1. The number of carbonyl (C=O) groups is 1. The summed E-state index contributed by atoms with van der Waals surface area (Å²) >= 11 is 1.60. The Kier molecular flexibility index (Phi) is 4.37. The van der Waals surface area contributed by atoms with Crippen LogP contribution in [0.25, 0.3) is 23.0 Å². The first-order valence-electron chi connectivity index (χ1n) is 8.26. The molecule has 0 spiro atoms. The summed E-state index contributed by atoms with van der Waals surface area (Å²) in [5.41, 5.74) is 4.79. The number of fused-ring (bicyclic) bond motifs is 1. The van der Waals surface area contributed by atoms with Crippen molar-refractivity contribution in [3.8, 4) is 11.3 Å². The third-order valence-electron chi connectivity index (χ3n) is 4.01. The van der Waals surface area contributed by atoms with Crippen LogP contribution in [0.5, 0.6) is 0 Å². The van der Waals surface area contributed by atoms with Crippen LogP contribution in [0, 0.1) is 6.92 Å². The van der Waals surface area contributed by atoms with Gasteiger partial charge in [0.25, 0.3) is 0 Å². The van der Waals surface area contributed by atoms with E-state index in [4.69, 9.17) is 0 Å². The summed E-state index contributed by atoms with van der Waals surface area (Å²) in [5.74, 6) is -0.144. The van der Waals surface area contributed by atoms with E-state index in [0.29, 0.717) is 0 Å². The van der Waals surface area contributed by atoms with Crippen molar-refractivity contribution in [2.75, 3.05) is 5.32 Å². The van der Waals surface area contributed by atoms with Crippen molar-refractivity contribution in [3.05, 3.63) is 82.8 Å². The maximum Gasteiger partial charge on any atom is 0.248 e. The summed E-state index contributed by atoms with van der Waals surface area (Å²) in [6.07, 6.45) is 7.37. The summed E-state index contributed by atoms with van der Waals surface area (Å²) in [7, 11) is 0. The number of thiophene rings is 1. The van der Waals surface area contributed by atoms with E-state index in [1.165, 1.54) is 5.56 Å². The maximum atomic E-state index is 12.0. The van der Waals surface area contributed by atoms with Crippen LogP contribution in [0.3, 0.4) is 0 Å². The lowest BCUT2D eigenvalue weighted by Gasteiger charge is -2.03. The van der Waals surface area contributed by atoms with Crippen LogP contribution in [0.1, 0.15) is 10.4 Å². The maximum absolute atomic E-state index is 12.0. The van der Waals surface area contributed by atoms with Crippen molar-refractivity contribution in [1.82, 2.24) is 9.38 Å². The van der Waals surface area contributed by atoms with Gasteiger partial charge in [0.15, 0.2) is 0 Å². The van der Waals surface area contributed by atoms with E-state index in [9.17, 15) is 4.79 Å². The first kappa shape index (κ1) is 16.3. The van der Waals surface area contributed by atoms with Crippen molar-refractivity contribution in [2.24, 2.45) is 0 Å². The van der Waals surface area contributed by atoms with Crippen molar-refractivity contribution in [1.29, 1.82) is 0 Å². The van der Waals surface area contributed by atoms with Gasteiger partial charge in [-0.15, -0.1) is 11.3 Å². The Morgan fingerprint density at radius 1 is 1.19 bits per heavy atom. The first-order valence-corrected chi connectivity index (χ1v) is 9.14. The topological polar surface area (TPSA) is 46.4 Å². The molecule has 26 heavy (non-hydrogen) atoms. The van der Waals surface area contributed by atoms with Gasteiger partial charge in [-0.2, -0.15) is 0 Å². The molecule has 1 N–H and O–H groups in total. The molecule has 128 valence electrons. The van der Waals surface area contributed by atoms with Gasteiger partial charge in [0.1, 0.15) is 5.65 Å². The molecule has 4 aromatic rings. The molecule has 0 bridgehead atoms. The second kappa shape index (κ2) is 6.98. The van der Waals surface area contributed by atoms with Crippen LogP contribution in [0.4, 0.5) is 5.69 Å². The number of hydrogen-bond donors (Lipinski definition) is 1. The Labute approximate surface area is 155 Å². The van der Waals surface area contributed by atoms with Crippen LogP contribution in [0.2, 0.25) is 0 Å². The highest BCUT2D eigenvalue weighted by Gasteiger charge is 2.05. The van der Waals surface area contributed by atoms with Gasteiger partial charge in [0.2, 0.25) is 5.91 Å². The fraction of sp³-hybridized carbons (Fsp3) is 0.0476. The molecule has 4 rings (SSSR count). The number of pyridine rings is 1. The molecular weight excluding hydrogens is 342 g/mol. The molecule has 1 aromatic carbocycles. The van der Waals surface area contributed by atoms with E-state index < -0.39 is 0 Å². The molecule has 0 aliphatic heterocycles. The van der Waals surface area contributed by atoms with Gasteiger partial charge in [-0.3, -0.25) is 4.79 Å². The number of nitrogens with zero attached hydrogens (tertiary/aromatic N) is 2. The van der Waals surface area contributed by atoms with Gasteiger partial charge in [-0.25, -0.2) is 4.98 Å². The van der Waals surface area contributed by atoms with Crippen LogP contribution in [-0.4, -0.2) is 15.3 Å². The molecule has 3 aromatic heterocycles. The van der Waals surface area contributed by atoms with Gasteiger partial charge in [0.05, 0.1) is 5.69 Å². The average molecular weight is 359 g/mol. The number of benzene rings is 1. The van der Waals surface area contributed by atoms with E-state index in [0.717, 1.165) is 27.5 Å². The molecule has 3 heterocycles. The zero-order valence-electron chi connectivity index (χ0n) is 14.2. The number of amides is 1. The van der Waals surface area contributed by atoms with Crippen molar-refractivity contribution in [2.45, 2.75) is 6.92 Å². The number of carbonyl (C=O) groups excluding carboxylic acids is 1. The highest BCUT2D eigenvalue weighted by molar-refractivity contribution is 7.10. The Hall–Kier alpha value is -3.18. The third kappa shape index (κ3) is 3.58. The minimum atomic E-state index is -0.144. The third-order valence-corrected chi connectivity index (χ3v) is 4.84. The quantitative estimate of drug-likeness (QED) is 0.520.